The smallest absolute Gasteiger partial charge is 0.352 e. The van der Waals surface area contributed by atoms with Gasteiger partial charge in [-0.3, -0.25) is 0 Å². The van der Waals surface area contributed by atoms with E-state index in [9.17, 15) is 4.79 Å². The van der Waals surface area contributed by atoms with Crippen molar-refractivity contribution >= 4 is 44.5 Å². The summed E-state index contributed by atoms with van der Waals surface area (Å²) in [6.07, 6.45) is 1.74. The Kier molecular flexibility index (Phi) is 3.34. The third-order valence-electron chi connectivity index (χ3n) is 2.11. The van der Waals surface area contributed by atoms with Crippen molar-refractivity contribution in [1.82, 2.24) is 4.57 Å². The molecule has 16 heavy (non-hydrogen) atoms. The van der Waals surface area contributed by atoms with E-state index in [1.807, 2.05) is 24.3 Å². The number of carboxylic acids is 1. The van der Waals surface area contributed by atoms with Crippen LogP contribution in [0.25, 0.3) is 5.69 Å². The number of halogens is 2. The summed E-state index contributed by atoms with van der Waals surface area (Å²) in [6.45, 7) is 0. The monoisotopic (exact) mass is 391 g/mol. The van der Waals surface area contributed by atoms with Crippen molar-refractivity contribution in [3.05, 3.63) is 50.3 Å². The van der Waals surface area contributed by atoms with E-state index >= 15 is 0 Å². The molecule has 1 heterocycles. The molecule has 0 fully saturated rings. The maximum atomic E-state index is 11.0. The molecule has 0 saturated heterocycles. The van der Waals surface area contributed by atoms with Crippen molar-refractivity contribution in [1.29, 1.82) is 0 Å². The van der Waals surface area contributed by atoms with Crippen LogP contribution in [0.2, 0.25) is 0 Å². The maximum absolute atomic E-state index is 11.0. The summed E-state index contributed by atoms with van der Waals surface area (Å²) >= 11 is 5.49. The number of aromatic carboxylic acids is 1. The highest BCUT2D eigenvalue weighted by molar-refractivity contribution is 14.1. The molecule has 0 spiro atoms. The van der Waals surface area contributed by atoms with Crippen LogP contribution < -0.4 is 0 Å². The first-order valence-corrected chi connectivity index (χ1v) is 6.32. The second kappa shape index (κ2) is 4.58. The summed E-state index contributed by atoms with van der Waals surface area (Å²) in [6, 6.07) is 9.24. The van der Waals surface area contributed by atoms with Gasteiger partial charge in [0.25, 0.3) is 0 Å². The fraction of sp³-hybridized carbons (Fsp3) is 0. The second-order valence-corrected chi connectivity index (χ2v) is 5.36. The minimum Gasteiger partial charge on any atom is -0.477 e. The van der Waals surface area contributed by atoms with E-state index in [4.69, 9.17) is 5.11 Å². The van der Waals surface area contributed by atoms with Gasteiger partial charge in [-0.25, -0.2) is 4.79 Å². The third kappa shape index (κ3) is 2.30. The van der Waals surface area contributed by atoms with Crippen LogP contribution in [-0.4, -0.2) is 15.6 Å². The fourth-order valence-corrected chi connectivity index (χ4v) is 2.19. The zero-order valence-corrected chi connectivity index (χ0v) is 11.8. The lowest BCUT2D eigenvalue weighted by molar-refractivity contribution is 0.0688. The van der Waals surface area contributed by atoms with E-state index in [1.54, 1.807) is 16.8 Å². The number of nitrogens with zero attached hydrogens (tertiary/aromatic N) is 1. The Hall–Kier alpha value is -0.820. The predicted molar refractivity (Wildman–Crippen MR) is 73.1 cm³/mol. The van der Waals surface area contributed by atoms with Crippen LogP contribution in [0.1, 0.15) is 10.5 Å². The molecule has 0 unspecified atom stereocenters. The molecule has 1 aromatic heterocycles. The number of hydrogen-bond acceptors (Lipinski definition) is 1. The third-order valence-corrected chi connectivity index (χ3v) is 3.26. The summed E-state index contributed by atoms with van der Waals surface area (Å²) in [4.78, 5) is 11.0. The molecule has 0 aliphatic carbocycles. The second-order valence-electron chi connectivity index (χ2n) is 3.20. The van der Waals surface area contributed by atoms with E-state index in [2.05, 4.69) is 38.5 Å². The molecule has 0 atom stereocenters. The lowest BCUT2D eigenvalue weighted by Crippen LogP contribution is -2.05. The van der Waals surface area contributed by atoms with Gasteiger partial charge in [-0.2, -0.15) is 0 Å². The molecule has 0 aliphatic heterocycles. The topological polar surface area (TPSA) is 42.2 Å². The molecule has 1 N–H and O–H groups in total. The predicted octanol–water partition coefficient (Wildman–Crippen LogP) is 3.54. The molecular formula is C11H7BrINO2. The van der Waals surface area contributed by atoms with E-state index in [-0.39, 0.29) is 5.69 Å². The van der Waals surface area contributed by atoms with Gasteiger partial charge in [0, 0.05) is 19.9 Å². The lowest BCUT2D eigenvalue weighted by atomic mass is 10.3. The van der Waals surface area contributed by atoms with E-state index in [0.29, 0.717) is 0 Å². The van der Waals surface area contributed by atoms with Crippen molar-refractivity contribution in [3.63, 3.8) is 0 Å². The molecular weight excluding hydrogens is 385 g/mol. The van der Waals surface area contributed by atoms with Gasteiger partial charge in [0.2, 0.25) is 0 Å². The Balaban J connectivity index is 2.55. The van der Waals surface area contributed by atoms with Gasteiger partial charge in [-0.15, -0.1) is 0 Å². The standard InChI is InChI=1S/C11H7BrINO2/c12-7-5-10(11(15)16)14(6-7)9-3-1-8(13)2-4-9/h1-6H,(H,15,16). The molecule has 0 radical (unpaired) electrons. The summed E-state index contributed by atoms with van der Waals surface area (Å²) < 4.78 is 3.51. The highest BCUT2D eigenvalue weighted by Gasteiger charge is 2.12. The quantitative estimate of drug-likeness (QED) is 0.795. The average molecular weight is 392 g/mol. The lowest BCUT2D eigenvalue weighted by Gasteiger charge is -2.05. The van der Waals surface area contributed by atoms with Crippen LogP contribution >= 0.6 is 38.5 Å². The molecule has 1 aromatic carbocycles. The molecule has 0 amide bonds. The number of benzene rings is 1. The van der Waals surface area contributed by atoms with Gasteiger partial charge in [0.15, 0.2) is 0 Å². The SMILES string of the molecule is O=C(O)c1cc(Br)cn1-c1ccc(I)cc1. The number of carbonyl (C=O) groups is 1. The first-order valence-electron chi connectivity index (χ1n) is 4.45. The minimum absolute atomic E-state index is 0.244. The van der Waals surface area contributed by atoms with Crippen LogP contribution in [0.15, 0.2) is 41.0 Å². The molecule has 3 nitrogen and oxygen atoms in total. The Morgan fingerprint density at radius 2 is 1.94 bits per heavy atom. The maximum Gasteiger partial charge on any atom is 0.352 e. The molecule has 2 aromatic rings. The number of carboxylic acid groups (broad SMARTS) is 1. The molecule has 82 valence electrons. The summed E-state index contributed by atoms with van der Waals surface area (Å²) in [5, 5.41) is 9.05. The Bertz CT molecular complexity index is 533. The Labute approximate surface area is 114 Å². The van der Waals surface area contributed by atoms with E-state index in [1.165, 1.54) is 0 Å². The molecule has 0 aliphatic rings. The van der Waals surface area contributed by atoms with Crippen molar-refractivity contribution in [3.8, 4) is 5.69 Å². The van der Waals surface area contributed by atoms with Crippen LogP contribution in [0.3, 0.4) is 0 Å². The zero-order chi connectivity index (χ0) is 11.7. The molecule has 5 heteroatoms. The highest BCUT2D eigenvalue weighted by Crippen LogP contribution is 2.20. The van der Waals surface area contributed by atoms with Gasteiger partial charge < -0.3 is 9.67 Å². The first kappa shape index (κ1) is 11.7. The van der Waals surface area contributed by atoms with Gasteiger partial charge in [-0.1, -0.05) is 0 Å². The summed E-state index contributed by atoms with van der Waals surface area (Å²) in [5.41, 5.74) is 1.08. The van der Waals surface area contributed by atoms with Crippen molar-refractivity contribution < 1.29 is 9.90 Å². The molecule has 0 saturated carbocycles. The van der Waals surface area contributed by atoms with Crippen molar-refractivity contribution in [2.45, 2.75) is 0 Å². The van der Waals surface area contributed by atoms with E-state index < -0.39 is 5.97 Å². The number of hydrogen-bond donors (Lipinski definition) is 1. The van der Waals surface area contributed by atoms with Crippen LogP contribution in [0.4, 0.5) is 0 Å². The Morgan fingerprint density at radius 1 is 1.31 bits per heavy atom. The van der Waals surface area contributed by atoms with Gasteiger partial charge >= 0.3 is 5.97 Å². The molecule has 0 bridgehead atoms. The summed E-state index contributed by atoms with van der Waals surface area (Å²) in [7, 11) is 0. The average Bonchev–Trinajstić information content (AvgIpc) is 2.61. The van der Waals surface area contributed by atoms with E-state index in [0.717, 1.165) is 13.7 Å². The first-order chi connectivity index (χ1) is 7.58. The summed E-state index contributed by atoms with van der Waals surface area (Å²) in [5.74, 6) is -0.941. The van der Waals surface area contributed by atoms with Gasteiger partial charge in [0.1, 0.15) is 5.69 Å². The van der Waals surface area contributed by atoms with Crippen LogP contribution in [-0.2, 0) is 0 Å². The number of aromatic nitrogens is 1. The highest BCUT2D eigenvalue weighted by atomic mass is 127. The van der Waals surface area contributed by atoms with Crippen LogP contribution in [0.5, 0.6) is 0 Å². The van der Waals surface area contributed by atoms with Gasteiger partial charge in [0.05, 0.1) is 0 Å². The fourth-order valence-electron chi connectivity index (χ4n) is 1.41. The normalized spacial score (nSPS) is 10.4. The van der Waals surface area contributed by atoms with Crippen LogP contribution in [0, 0.1) is 3.57 Å². The largest absolute Gasteiger partial charge is 0.477 e. The van der Waals surface area contributed by atoms with Crippen molar-refractivity contribution in [2.75, 3.05) is 0 Å². The van der Waals surface area contributed by atoms with Gasteiger partial charge in [-0.05, 0) is 68.9 Å². The Morgan fingerprint density at radius 3 is 2.50 bits per heavy atom. The zero-order valence-electron chi connectivity index (χ0n) is 8.02. The van der Waals surface area contributed by atoms with Crippen molar-refractivity contribution in [2.24, 2.45) is 0 Å². The molecule has 2 rings (SSSR count). The minimum atomic E-state index is -0.941. The number of rotatable bonds is 2.